The van der Waals surface area contributed by atoms with Crippen molar-refractivity contribution in [3.05, 3.63) is 18.7 Å². The lowest BCUT2D eigenvalue weighted by Crippen LogP contribution is -2.37. The van der Waals surface area contributed by atoms with Crippen LogP contribution < -0.4 is 0 Å². The molecule has 0 spiro atoms. The van der Waals surface area contributed by atoms with Crippen molar-refractivity contribution in [2.24, 2.45) is 0 Å². The van der Waals surface area contributed by atoms with Gasteiger partial charge in [0.05, 0.1) is 0 Å². The fourth-order valence-electron chi connectivity index (χ4n) is 1.75. The highest BCUT2D eigenvalue weighted by Crippen LogP contribution is 2.21. The Labute approximate surface area is 83.5 Å². The Bertz CT molecular complexity index is 398. The molecule has 2 rings (SSSR count). The Balaban J connectivity index is 2.33. The van der Waals surface area contributed by atoms with E-state index in [4.69, 9.17) is 0 Å². The molecule has 0 bridgehead atoms. The van der Waals surface area contributed by atoms with E-state index in [0.29, 0.717) is 6.54 Å². The molecule has 2 heterocycles. The van der Waals surface area contributed by atoms with Crippen LogP contribution in [-0.4, -0.2) is 34.3 Å². The maximum atomic E-state index is 12.0. The molecular formula is C8H13N3O2S. The minimum Gasteiger partial charge on any atom is -0.244 e. The minimum absolute atomic E-state index is 0.0994. The molecule has 1 aliphatic heterocycles. The topological polar surface area (TPSA) is 55.2 Å². The second kappa shape index (κ2) is 3.36. The van der Waals surface area contributed by atoms with Gasteiger partial charge in [-0.05, 0) is 19.8 Å². The van der Waals surface area contributed by atoms with Gasteiger partial charge in [0, 0.05) is 25.0 Å². The number of rotatable bonds is 2. The van der Waals surface area contributed by atoms with Crippen LogP contribution in [0.2, 0.25) is 0 Å². The van der Waals surface area contributed by atoms with E-state index in [1.54, 1.807) is 0 Å². The van der Waals surface area contributed by atoms with Gasteiger partial charge in [-0.15, -0.1) is 0 Å². The molecule has 1 atom stereocenters. The van der Waals surface area contributed by atoms with Gasteiger partial charge in [0.1, 0.15) is 6.33 Å². The van der Waals surface area contributed by atoms with E-state index in [-0.39, 0.29) is 6.04 Å². The first-order valence-corrected chi connectivity index (χ1v) is 6.02. The number of hydrogen-bond acceptors (Lipinski definition) is 3. The van der Waals surface area contributed by atoms with Gasteiger partial charge in [0.2, 0.25) is 0 Å². The molecule has 1 saturated heterocycles. The molecule has 14 heavy (non-hydrogen) atoms. The van der Waals surface area contributed by atoms with Gasteiger partial charge in [-0.1, -0.05) is 0 Å². The number of aromatic nitrogens is 2. The van der Waals surface area contributed by atoms with Crippen molar-refractivity contribution in [1.82, 2.24) is 13.3 Å². The average molecular weight is 215 g/mol. The van der Waals surface area contributed by atoms with Gasteiger partial charge >= 0.3 is 10.2 Å². The Kier molecular flexibility index (Phi) is 2.32. The van der Waals surface area contributed by atoms with Crippen LogP contribution in [0, 0.1) is 0 Å². The quantitative estimate of drug-likeness (QED) is 0.720. The second-order valence-corrected chi connectivity index (χ2v) is 5.29. The van der Waals surface area contributed by atoms with E-state index < -0.39 is 10.2 Å². The van der Waals surface area contributed by atoms with Gasteiger partial charge in [-0.3, -0.25) is 0 Å². The largest absolute Gasteiger partial charge is 0.308 e. The summed E-state index contributed by atoms with van der Waals surface area (Å²) < 4.78 is 26.6. The minimum atomic E-state index is -3.36. The van der Waals surface area contributed by atoms with Crippen molar-refractivity contribution < 1.29 is 8.42 Å². The number of hydrogen-bond donors (Lipinski definition) is 0. The SMILES string of the molecule is C[C@H]1CCCN1S(=O)(=O)n1ccnc1. The molecule has 0 N–H and O–H groups in total. The summed E-state index contributed by atoms with van der Waals surface area (Å²) in [6.45, 7) is 2.54. The monoisotopic (exact) mass is 215 g/mol. The maximum Gasteiger partial charge on any atom is 0.308 e. The summed E-state index contributed by atoms with van der Waals surface area (Å²) >= 11 is 0. The molecule has 0 aliphatic carbocycles. The lowest BCUT2D eigenvalue weighted by Gasteiger charge is -2.20. The lowest BCUT2D eigenvalue weighted by atomic mass is 10.3. The Morgan fingerprint density at radius 3 is 2.79 bits per heavy atom. The second-order valence-electron chi connectivity index (χ2n) is 3.50. The molecule has 0 saturated carbocycles. The van der Waals surface area contributed by atoms with Crippen LogP contribution in [0.15, 0.2) is 18.7 Å². The van der Waals surface area contributed by atoms with Crippen LogP contribution in [0.3, 0.4) is 0 Å². The predicted octanol–water partition coefficient (Wildman–Crippen LogP) is 0.460. The fourth-order valence-corrected chi connectivity index (χ4v) is 3.30. The molecule has 6 heteroatoms. The van der Waals surface area contributed by atoms with Crippen molar-refractivity contribution in [3.8, 4) is 0 Å². The van der Waals surface area contributed by atoms with Crippen LogP contribution in [0.25, 0.3) is 0 Å². The first-order chi connectivity index (χ1) is 6.62. The molecule has 0 aromatic carbocycles. The molecule has 1 aliphatic rings. The third-order valence-corrected chi connectivity index (χ3v) is 4.42. The summed E-state index contributed by atoms with van der Waals surface area (Å²) in [5.41, 5.74) is 0. The summed E-state index contributed by atoms with van der Waals surface area (Å²) in [5.74, 6) is 0. The fraction of sp³-hybridized carbons (Fsp3) is 0.625. The van der Waals surface area contributed by atoms with E-state index >= 15 is 0 Å². The summed E-state index contributed by atoms with van der Waals surface area (Å²) in [5, 5.41) is 0. The van der Waals surface area contributed by atoms with Crippen LogP contribution in [0.5, 0.6) is 0 Å². The number of imidazole rings is 1. The lowest BCUT2D eigenvalue weighted by molar-refractivity contribution is 0.402. The summed E-state index contributed by atoms with van der Waals surface area (Å²) in [6.07, 6.45) is 6.13. The van der Waals surface area contributed by atoms with E-state index in [0.717, 1.165) is 16.8 Å². The number of nitrogens with zero attached hydrogens (tertiary/aromatic N) is 3. The molecule has 5 nitrogen and oxygen atoms in total. The summed E-state index contributed by atoms with van der Waals surface area (Å²) in [6, 6.07) is 0.0994. The van der Waals surface area contributed by atoms with Gasteiger partial charge < -0.3 is 0 Å². The highest BCUT2D eigenvalue weighted by Gasteiger charge is 2.32. The van der Waals surface area contributed by atoms with Crippen LogP contribution in [0.1, 0.15) is 19.8 Å². The van der Waals surface area contributed by atoms with Crippen molar-refractivity contribution in [2.45, 2.75) is 25.8 Å². The van der Waals surface area contributed by atoms with E-state index in [1.165, 1.54) is 23.0 Å². The van der Waals surface area contributed by atoms with Crippen molar-refractivity contribution in [2.75, 3.05) is 6.54 Å². The Hall–Kier alpha value is -0.880. The third-order valence-electron chi connectivity index (χ3n) is 2.53. The molecule has 0 radical (unpaired) electrons. The zero-order valence-corrected chi connectivity index (χ0v) is 8.81. The Morgan fingerprint density at radius 1 is 1.50 bits per heavy atom. The van der Waals surface area contributed by atoms with Gasteiger partial charge in [0.25, 0.3) is 0 Å². The summed E-state index contributed by atoms with van der Waals surface area (Å²) in [4.78, 5) is 3.74. The molecule has 1 aromatic heterocycles. The van der Waals surface area contributed by atoms with Crippen LogP contribution in [-0.2, 0) is 10.2 Å². The van der Waals surface area contributed by atoms with Crippen molar-refractivity contribution >= 4 is 10.2 Å². The molecular weight excluding hydrogens is 202 g/mol. The molecule has 1 aromatic rings. The van der Waals surface area contributed by atoms with Gasteiger partial charge in [0.15, 0.2) is 0 Å². The molecule has 0 unspecified atom stereocenters. The summed E-state index contributed by atoms with van der Waals surface area (Å²) in [7, 11) is -3.36. The normalized spacial score (nSPS) is 24.2. The molecule has 78 valence electrons. The van der Waals surface area contributed by atoms with Gasteiger partial charge in [-0.2, -0.15) is 12.7 Å². The van der Waals surface area contributed by atoms with E-state index in [1.807, 2.05) is 6.92 Å². The Morgan fingerprint density at radius 2 is 2.29 bits per heavy atom. The van der Waals surface area contributed by atoms with E-state index in [9.17, 15) is 8.42 Å². The van der Waals surface area contributed by atoms with Crippen LogP contribution in [0.4, 0.5) is 0 Å². The maximum absolute atomic E-state index is 12.0. The highest BCUT2D eigenvalue weighted by molar-refractivity contribution is 7.87. The smallest absolute Gasteiger partial charge is 0.244 e. The van der Waals surface area contributed by atoms with Crippen LogP contribution >= 0.6 is 0 Å². The first kappa shape index (κ1) is 9.67. The molecule has 1 fully saturated rings. The third kappa shape index (κ3) is 1.44. The zero-order valence-electron chi connectivity index (χ0n) is 8.00. The van der Waals surface area contributed by atoms with E-state index in [2.05, 4.69) is 4.98 Å². The average Bonchev–Trinajstić information content (AvgIpc) is 2.72. The van der Waals surface area contributed by atoms with Crippen molar-refractivity contribution in [3.63, 3.8) is 0 Å². The molecule has 0 amide bonds. The van der Waals surface area contributed by atoms with Crippen molar-refractivity contribution in [1.29, 1.82) is 0 Å². The highest BCUT2D eigenvalue weighted by atomic mass is 32.2. The standard InChI is InChI=1S/C8H13N3O2S/c1-8-3-2-5-11(8)14(12,13)10-6-4-9-7-10/h4,6-8H,2-3,5H2,1H3/t8-/m0/s1. The first-order valence-electron chi connectivity index (χ1n) is 4.62. The predicted molar refractivity (Wildman–Crippen MR) is 51.9 cm³/mol. The zero-order chi connectivity index (χ0) is 10.2. The van der Waals surface area contributed by atoms with Gasteiger partial charge in [-0.25, -0.2) is 8.96 Å².